The highest BCUT2D eigenvalue weighted by atomic mass is 16.3. The molecule has 0 saturated heterocycles. The van der Waals surface area contributed by atoms with Crippen LogP contribution in [0.2, 0.25) is 0 Å². The number of nitrogens with zero attached hydrogens (tertiary/aromatic N) is 1. The molecule has 4 nitrogen and oxygen atoms in total. The summed E-state index contributed by atoms with van der Waals surface area (Å²) in [5.41, 5.74) is 0. The van der Waals surface area contributed by atoms with Crippen LogP contribution in [0.5, 0.6) is 0 Å². The Morgan fingerprint density at radius 2 is 2.18 bits per heavy atom. The van der Waals surface area contributed by atoms with Gasteiger partial charge in [0.25, 0.3) is 0 Å². The maximum atomic E-state index is 10.7. The van der Waals surface area contributed by atoms with Gasteiger partial charge in [0.15, 0.2) is 0 Å². The Bertz CT molecular complexity index is 126. The van der Waals surface area contributed by atoms with Gasteiger partial charge in [-0.15, -0.1) is 0 Å². The van der Waals surface area contributed by atoms with Crippen LogP contribution in [0, 0.1) is 0 Å². The lowest BCUT2D eigenvalue weighted by molar-refractivity contribution is -0.122. The van der Waals surface area contributed by atoms with Crippen molar-refractivity contribution >= 4 is 5.91 Å². The van der Waals surface area contributed by atoms with E-state index in [0.29, 0.717) is 6.54 Å². The fraction of sp³-hybridized carbons (Fsp3) is 0.857. The van der Waals surface area contributed by atoms with Crippen molar-refractivity contribution in [2.24, 2.45) is 0 Å². The van der Waals surface area contributed by atoms with E-state index in [1.54, 1.807) is 7.05 Å². The van der Waals surface area contributed by atoms with Gasteiger partial charge in [0.1, 0.15) is 0 Å². The number of nitrogens with one attached hydrogen (secondary N) is 1. The van der Waals surface area contributed by atoms with Crippen molar-refractivity contribution in [1.29, 1.82) is 0 Å². The Labute approximate surface area is 67.2 Å². The molecule has 66 valence electrons. The topological polar surface area (TPSA) is 52.6 Å². The standard InChI is InChI=1S/C7H16N2O2/c1-8-7(11)4-6(10)5-9(2)3/h6,10H,4-5H2,1-3H3,(H,8,11)/t6-/m0/s1. The molecule has 1 atom stereocenters. The van der Waals surface area contributed by atoms with Crippen LogP contribution in [-0.2, 0) is 4.79 Å². The van der Waals surface area contributed by atoms with E-state index in [0.717, 1.165) is 0 Å². The molecule has 0 aromatic rings. The number of hydrogen-bond donors (Lipinski definition) is 2. The number of amides is 1. The molecule has 1 amide bonds. The Morgan fingerprint density at radius 3 is 2.55 bits per heavy atom. The summed E-state index contributed by atoms with van der Waals surface area (Å²) in [6, 6.07) is 0. The summed E-state index contributed by atoms with van der Waals surface area (Å²) in [4.78, 5) is 12.6. The molecule has 0 aliphatic heterocycles. The van der Waals surface area contributed by atoms with Crippen LogP contribution in [0.3, 0.4) is 0 Å². The molecule has 2 N–H and O–H groups in total. The van der Waals surface area contributed by atoms with E-state index < -0.39 is 6.10 Å². The van der Waals surface area contributed by atoms with Crippen LogP contribution >= 0.6 is 0 Å². The fourth-order valence-corrected chi connectivity index (χ4v) is 0.802. The first-order valence-electron chi connectivity index (χ1n) is 3.59. The van der Waals surface area contributed by atoms with Crippen molar-refractivity contribution in [3.05, 3.63) is 0 Å². The minimum Gasteiger partial charge on any atom is -0.391 e. The molecule has 11 heavy (non-hydrogen) atoms. The molecule has 0 bridgehead atoms. The lowest BCUT2D eigenvalue weighted by Gasteiger charge is -2.14. The minimum absolute atomic E-state index is 0.126. The van der Waals surface area contributed by atoms with Crippen molar-refractivity contribution in [1.82, 2.24) is 10.2 Å². The van der Waals surface area contributed by atoms with Gasteiger partial charge in [-0.3, -0.25) is 4.79 Å². The van der Waals surface area contributed by atoms with Gasteiger partial charge >= 0.3 is 0 Å². The van der Waals surface area contributed by atoms with Gasteiger partial charge in [-0.1, -0.05) is 0 Å². The van der Waals surface area contributed by atoms with E-state index in [-0.39, 0.29) is 12.3 Å². The number of likely N-dealkylation sites (N-methyl/N-ethyl adjacent to an activating group) is 1. The first-order chi connectivity index (χ1) is 5.06. The Morgan fingerprint density at radius 1 is 1.64 bits per heavy atom. The lowest BCUT2D eigenvalue weighted by Crippen LogP contribution is -2.31. The smallest absolute Gasteiger partial charge is 0.222 e. The lowest BCUT2D eigenvalue weighted by atomic mass is 10.2. The average Bonchev–Trinajstić information content (AvgIpc) is 1.85. The van der Waals surface area contributed by atoms with Crippen molar-refractivity contribution in [3.63, 3.8) is 0 Å². The predicted octanol–water partition coefficient (Wildman–Crippen LogP) is -0.955. The maximum absolute atomic E-state index is 10.7. The monoisotopic (exact) mass is 160 g/mol. The van der Waals surface area contributed by atoms with Crippen LogP contribution in [0.4, 0.5) is 0 Å². The number of carbonyl (C=O) groups excluding carboxylic acids is 1. The molecular weight excluding hydrogens is 144 g/mol. The fourth-order valence-electron chi connectivity index (χ4n) is 0.802. The molecule has 0 saturated carbocycles. The van der Waals surface area contributed by atoms with Gasteiger partial charge < -0.3 is 15.3 Å². The third-order valence-corrected chi connectivity index (χ3v) is 1.28. The highest BCUT2D eigenvalue weighted by Gasteiger charge is 2.09. The van der Waals surface area contributed by atoms with E-state index in [2.05, 4.69) is 5.32 Å². The number of hydrogen-bond acceptors (Lipinski definition) is 3. The zero-order chi connectivity index (χ0) is 8.85. The molecule has 0 aliphatic carbocycles. The Kier molecular flexibility index (Phi) is 4.81. The third kappa shape index (κ3) is 5.82. The van der Waals surface area contributed by atoms with Gasteiger partial charge in [0.05, 0.1) is 12.5 Å². The maximum Gasteiger partial charge on any atom is 0.222 e. The summed E-state index contributed by atoms with van der Waals surface area (Å²) in [5.74, 6) is -0.126. The van der Waals surface area contributed by atoms with Gasteiger partial charge in [0.2, 0.25) is 5.91 Å². The number of aliphatic hydroxyl groups excluding tert-OH is 1. The molecule has 0 aliphatic rings. The van der Waals surface area contributed by atoms with Crippen LogP contribution in [-0.4, -0.2) is 49.7 Å². The van der Waals surface area contributed by atoms with Gasteiger partial charge in [0, 0.05) is 13.6 Å². The second kappa shape index (κ2) is 5.09. The first-order valence-corrected chi connectivity index (χ1v) is 3.59. The highest BCUT2D eigenvalue weighted by molar-refractivity contribution is 5.75. The molecule has 0 aromatic heterocycles. The van der Waals surface area contributed by atoms with Crippen LogP contribution in [0.1, 0.15) is 6.42 Å². The van der Waals surface area contributed by atoms with E-state index in [1.807, 2.05) is 19.0 Å². The first kappa shape index (κ1) is 10.4. The second-order valence-corrected chi connectivity index (χ2v) is 2.79. The molecule has 0 rings (SSSR count). The van der Waals surface area contributed by atoms with E-state index in [9.17, 15) is 9.90 Å². The molecule has 0 radical (unpaired) electrons. The summed E-state index contributed by atoms with van der Waals surface area (Å²) >= 11 is 0. The van der Waals surface area contributed by atoms with Gasteiger partial charge in [-0.05, 0) is 14.1 Å². The van der Waals surface area contributed by atoms with Crippen molar-refractivity contribution in [2.45, 2.75) is 12.5 Å². The molecule has 0 heterocycles. The van der Waals surface area contributed by atoms with E-state index >= 15 is 0 Å². The van der Waals surface area contributed by atoms with Crippen LogP contribution in [0.15, 0.2) is 0 Å². The molecular formula is C7H16N2O2. The Balaban J connectivity index is 3.51. The van der Waals surface area contributed by atoms with E-state index in [4.69, 9.17) is 0 Å². The van der Waals surface area contributed by atoms with Crippen molar-refractivity contribution in [2.75, 3.05) is 27.7 Å². The number of aliphatic hydroxyl groups is 1. The molecule has 4 heteroatoms. The van der Waals surface area contributed by atoms with Gasteiger partial charge in [-0.2, -0.15) is 0 Å². The predicted molar refractivity (Wildman–Crippen MR) is 43.2 cm³/mol. The summed E-state index contributed by atoms with van der Waals surface area (Å²) in [7, 11) is 5.27. The molecule has 0 aromatic carbocycles. The van der Waals surface area contributed by atoms with Gasteiger partial charge in [-0.25, -0.2) is 0 Å². The Hall–Kier alpha value is -0.610. The summed E-state index contributed by atoms with van der Waals surface area (Å²) in [6.07, 6.45) is -0.390. The SMILES string of the molecule is CNC(=O)C[C@H](O)CN(C)C. The molecule has 0 unspecified atom stereocenters. The quantitative estimate of drug-likeness (QED) is 0.557. The van der Waals surface area contributed by atoms with Crippen molar-refractivity contribution in [3.8, 4) is 0 Å². The largest absolute Gasteiger partial charge is 0.391 e. The molecule has 0 fully saturated rings. The zero-order valence-electron chi connectivity index (χ0n) is 7.29. The second-order valence-electron chi connectivity index (χ2n) is 2.79. The summed E-state index contributed by atoms with van der Waals surface area (Å²) < 4.78 is 0. The van der Waals surface area contributed by atoms with Crippen LogP contribution in [0.25, 0.3) is 0 Å². The summed E-state index contributed by atoms with van der Waals surface area (Å²) in [5, 5.41) is 11.7. The average molecular weight is 160 g/mol. The van der Waals surface area contributed by atoms with Crippen molar-refractivity contribution < 1.29 is 9.90 Å². The minimum atomic E-state index is -0.565. The van der Waals surface area contributed by atoms with Crippen LogP contribution < -0.4 is 5.32 Å². The summed E-state index contributed by atoms with van der Waals surface area (Å²) in [6.45, 7) is 0.521. The molecule has 0 spiro atoms. The van der Waals surface area contributed by atoms with E-state index in [1.165, 1.54) is 0 Å². The zero-order valence-corrected chi connectivity index (χ0v) is 7.29. The third-order valence-electron chi connectivity index (χ3n) is 1.28. The highest BCUT2D eigenvalue weighted by Crippen LogP contribution is 1.92. The number of rotatable bonds is 4. The normalized spacial score (nSPS) is 13.2. The number of carbonyl (C=O) groups is 1.